The van der Waals surface area contributed by atoms with E-state index in [0.717, 1.165) is 17.7 Å². The van der Waals surface area contributed by atoms with Crippen LogP contribution in [0.15, 0.2) is 12.1 Å². The first-order valence-corrected chi connectivity index (χ1v) is 6.48. The van der Waals surface area contributed by atoms with E-state index >= 15 is 0 Å². The first-order chi connectivity index (χ1) is 9.32. The van der Waals surface area contributed by atoms with Crippen LogP contribution in [0.2, 0.25) is 0 Å². The molecule has 0 bridgehead atoms. The summed E-state index contributed by atoms with van der Waals surface area (Å²) in [6.45, 7) is 0.0576. The molecular weight excluding hydrogens is 268 g/mol. The largest absolute Gasteiger partial charge is 0.507 e. The summed E-state index contributed by atoms with van der Waals surface area (Å²) >= 11 is 0. The van der Waals surface area contributed by atoms with Crippen LogP contribution in [0.25, 0.3) is 0 Å². The maximum atomic E-state index is 13.6. The maximum absolute atomic E-state index is 13.6. The number of carbonyl (C=O) groups excluding carboxylic acids is 1. The van der Waals surface area contributed by atoms with E-state index in [2.05, 4.69) is 0 Å². The van der Waals surface area contributed by atoms with Gasteiger partial charge in [-0.15, -0.1) is 0 Å². The average molecular weight is 285 g/mol. The van der Waals surface area contributed by atoms with Gasteiger partial charge < -0.3 is 15.1 Å². The molecule has 1 fully saturated rings. The van der Waals surface area contributed by atoms with Crippen LogP contribution >= 0.6 is 0 Å². The van der Waals surface area contributed by atoms with E-state index in [9.17, 15) is 23.8 Å². The Labute approximate surface area is 115 Å². The number of hydrogen-bond acceptors (Lipinski definition) is 3. The molecule has 0 aromatic heterocycles. The Morgan fingerprint density at radius 2 is 1.95 bits per heavy atom. The Bertz CT molecular complexity index is 504. The third-order valence-electron chi connectivity index (χ3n) is 3.66. The van der Waals surface area contributed by atoms with E-state index in [1.807, 2.05) is 0 Å². The Hall–Kier alpha value is -1.69. The molecule has 0 unspecified atom stereocenters. The summed E-state index contributed by atoms with van der Waals surface area (Å²) in [6, 6.07) is 1.24. The van der Waals surface area contributed by atoms with E-state index in [1.165, 1.54) is 7.05 Å². The zero-order valence-corrected chi connectivity index (χ0v) is 11.2. The van der Waals surface area contributed by atoms with Crippen LogP contribution in [0.5, 0.6) is 5.75 Å². The molecule has 0 atom stereocenters. The molecule has 110 valence electrons. The van der Waals surface area contributed by atoms with Crippen LogP contribution in [0.1, 0.15) is 36.0 Å². The van der Waals surface area contributed by atoms with Gasteiger partial charge in [0, 0.05) is 25.7 Å². The summed E-state index contributed by atoms with van der Waals surface area (Å²) in [4.78, 5) is 13.3. The van der Waals surface area contributed by atoms with E-state index in [4.69, 9.17) is 0 Å². The second kappa shape index (κ2) is 5.36. The number of benzene rings is 1. The van der Waals surface area contributed by atoms with Crippen LogP contribution in [0.4, 0.5) is 8.78 Å². The summed E-state index contributed by atoms with van der Waals surface area (Å²) in [6.07, 6.45) is 2.94. The Balaban J connectivity index is 2.19. The second-order valence-corrected chi connectivity index (χ2v) is 5.37. The minimum atomic E-state index is -1.11. The van der Waals surface area contributed by atoms with Crippen molar-refractivity contribution in [3.63, 3.8) is 0 Å². The highest BCUT2D eigenvalue weighted by Gasteiger charge is 2.34. The number of likely N-dealkylation sites (N-methyl/N-ethyl adjacent to an activating group) is 1. The molecule has 2 N–H and O–H groups in total. The van der Waals surface area contributed by atoms with Crippen molar-refractivity contribution in [2.24, 2.45) is 0 Å². The smallest absolute Gasteiger partial charge is 0.260 e. The molecule has 4 nitrogen and oxygen atoms in total. The number of phenolic OH excluding ortho intramolecular Hbond substituents is 1. The number of phenols is 1. The molecule has 1 aromatic carbocycles. The van der Waals surface area contributed by atoms with Gasteiger partial charge in [-0.25, -0.2) is 8.78 Å². The van der Waals surface area contributed by atoms with Gasteiger partial charge in [0.05, 0.1) is 5.60 Å². The number of nitrogens with zero attached hydrogens (tertiary/aromatic N) is 1. The predicted octanol–water partition coefficient (Wildman–Crippen LogP) is 2.05. The second-order valence-electron chi connectivity index (χ2n) is 5.37. The quantitative estimate of drug-likeness (QED) is 0.893. The number of halogens is 2. The minimum Gasteiger partial charge on any atom is -0.507 e. The topological polar surface area (TPSA) is 60.8 Å². The third kappa shape index (κ3) is 2.90. The minimum absolute atomic E-state index is 0.0576. The molecule has 1 aliphatic carbocycles. The van der Waals surface area contributed by atoms with Crippen molar-refractivity contribution < 1.29 is 23.8 Å². The maximum Gasteiger partial charge on any atom is 0.260 e. The van der Waals surface area contributed by atoms with Gasteiger partial charge >= 0.3 is 0 Å². The van der Waals surface area contributed by atoms with Crippen LogP contribution in [0.3, 0.4) is 0 Å². The fourth-order valence-electron chi connectivity index (χ4n) is 2.67. The molecule has 1 aromatic rings. The number of aliphatic hydroxyl groups is 1. The fourth-order valence-corrected chi connectivity index (χ4v) is 2.67. The summed E-state index contributed by atoms with van der Waals surface area (Å²) in [5, 5.41) is 19.8. The van der Waals surface area contributed by atoms with E-state index in [1.54, 1.807) is 0 Å². The molecule has 0 aliphatic heterocycles. The van der Waals surface area contributed by atoms with Crippen molar-refractivity contribution in [1.82, 2.24) is 4.90 Å². The van der Waals surface area contributed by atoms with Crippen molar-refractivity contribution in [1.29, 1.82) is 0 Å². The van der Waals surface area contributed by atoms with E-state index < -0.39 is 34.5 Å². The molecule has 1 saturated carbocycles. The lowest BCUT2D eigenvalue weighted by Crippen LogP contribution is -2.42. The third-order valence-corrected chi connectivity index (χ3v) is 3.66. The van der Waals surface area contributed by atoms with Crippen LogP contribution in [0, 0.1) is 11.6 Å². The predicted molar refractivity (Wildman–Crippen MR) is 68.4 cm³/mol. The zero-order valence-electron chi connectivity index (χ0n) is 11.2. The monoisotopic (exact) mass is 285 g/mol. The first kappa shape index (κ1) is 14.7. The summed E-state index contributed by atoms with van der Waals surface area (Å²) in [5.74, 6) is -3.58. The number of carbonyl (C=O) groups is 1. The van der Waals surface area contributed by atoms with Gasteiger partial charge in [-0.1, -0.05) is 12.8 Å². The molecular formula is C14H17F2NO3. The van der Waals surface area contributed by atoms with Gasteiger partial charge in [-0.3, -0.25) is 4.79 Å². The van der Waals surface area contributed by atoms with Crippen molar-refractivity contribution in [2.45, 2.75) is 31.3 Å². The molecule has 0 spiro atoms. The van der Waals surface area contributed by atoms with Gasteiger partial charge in [0.15, 0.2) is 0 Å². The lowest BCUT2D eigenvalue weighted by atomic mass is 10.0. The van der Waals surface area contributed by atoms with Gasteiger partial charge in [-0.05, 0) is 12.8 Å². The fraction of sp³-hybridized carbons (Fsp3) is 0.500. The van der Waals surface area contributed by atoms with E-state index in [-0.39, 0.29) is 6.54 Å². The van der Waals surface area contributed by atoms with Crippen LogP contribution in [-0.2, 0) is 0 Å². The molecule has 6 heteroatoms. The summed E-state index contributed by atoms with van der Waals surface area (Å²) < 4.78 is 26.5. The van der Waals surface area contributed by atoms with Gasteiger partial charge in [0.2, 0.25) is 0 Å². The number of aromatic hydroxyl groups is 1. The first-order valence-electron chi connectivity index (χ1n) is 6.48. The molecule has 0 radical (unpaired) electrons. The van der Waals surface area contributed by atoms with Gasteiger partial charge in [0.25, 0.3) is 5.91 Å². The van der Waals surface area contributed by atoms with Crippen molar-refractivity contribution in [3.8, 4) is 5.75 Å². The highest BCUT2D eigenvalue weighted by atomic mass is 19.1. The lowest BCUT2D eigenvalue weighted by Gasteiger charge is -2.28. The van der Waals surface area contributed by atoms with Crippen LogP contribution < -0.4 is 0 Å². The molecule has 1 amide bonds. The van der Waals surface area contributed by atoms with Crippen molar-refractivity contribution in [3.05, 3.63) is 29.3 Å². The molecule has 0 heterocycles. The average Bonchev–Trinajstić information content (AvgIpc) is 2.74. The van der Waals surface area contributed by atoms with Gasteiger partial charge in [0.1, 0.15) is 22.9 Å². The lowest BCUT2D eigenvalue weighted by molar-refractivity contribution is 0.0154. The highest BCUT2D eigenvalue weighted by Crippen LogP contribution is 2.31. The van der Waals surface area contributed by atoms with Gasteiger partial charge in [-0.2, -0.15) is 0 Å². The standard InChI is InChI=1S/C14H17F2NO3/c1-17(8-14(20)4-2-3-5-14)13(19)12-10(16)6-9(15)7-11(12)18/h6-7,18,20H,2-5,8H2,1H3. The highest BCUT2D eigenvalue weighted by molar-refractivity contribution is 5.97. The summed E-state index contributed by atoms with van der Waals surface area (Å²) in [7, 11) is 1.42. The summed E-state index contributed by atoms with van der Waals surface area (Å²) in [5.41, 5.74) is -1.54. The van der Waals surface area contributed by atoms with Crippen molar-refractivity contribution >= 4 is 5.91 Å². The van der Waals surface area contributed by atoms with Crippen LogP contribution in [-0.4, -0.2) is 40.2 Å². The molecule has 20 heavy (non-hydrogen) atoms. The Kier molecular flexibility index (Phi) is 3.94. The normalized spacial score (nSPS) is 17.2. The number of rotatable bonds is 3. The molecule has 0 saturated heterocycles. The van der Waals surface area contributed by atoms with Crippen molar-refractivity contribution in [2.75, 3.05) is 13.6 Å². The Morgan fingerprint density at radius 3 is 2.50 bits per heavy atom. The molecule has 1 aliphatic rings. The zero-order chi connectivity index (χ0) is 14.9. The Morgan fingerprint density at radius 1 is 1.35 bits per heavy atom. The molecule has 2 rings (SSSR count). The number of amides is 1. The number of hydrogen-bond donors (Lipinski definition) is 2. The van der Waals surface area contributed by atoms with E-state index in [0.29, 0.717) is 25.0 Å². The SMILES string of the molecule is CN(CC1(O)CCCC1)C(=O)c1c(O)cc(F)cc1F.